The zero-order valence-electron chi connectivity index (χ0n) is 13.0. The molecule has 124 valence electrons. The third kappa shape index (κ3) is 4.36. The molecule has 0 aliphatic rings. The highest BCUT2D eigenvalue weighted by molar-refractivity contribution is 6.28. The SMILES string of the molecule is COc1ccc(CNc2nc(Cl)nc(NCc3ccco3)n2)cc1. The molecule has 0 saturated heterocycles. The first-order valence-corrected chi connectivity index (χ1v) is 7.65. The number of nitrogens with zero attached hydrogens (tertiary/aromatic N) is 3. The molecular formula is C16H16ClN5O2. The Bertz CT molecular complexity index is 778. The van der Waals surface area contributed by atoms with Gasteiger partial charge in [0.2, 0.25) is 17.2 Å². The van der Waals surface area contributed by atoms with Gasteiger partial charge in [0.05, 0.1) is 19.9 Å². The monoisotopic (exact) mass is 345 g/mol. The largest absolute Gasteiger partial charge is 0.497 e. The molecule has 0 atom stereocenters. The van der Waals surface area contributed by atoms with Crippen molar-refractivity contribution in [3.8, 4) is 5.75 Å². The number of methoxy groups -OCH3 is 1. The summed E-state index contributed by atoms with van der Waals surface area (Å²) in [6.45, 7) is 1.02. The molecule has 0 spiro atoms. The van der Waals surface area contributed by atoms with E-state index in [-0.39, 0.29) is 5.28 Å². The van der Waals surface area contributed by atoms with Gasteiger partial charge in [-0.05, 0) is 41.4 Å². The lowest BCUT2D eigenvalue weighted by atomic mass is 10.2. The lowest BCUT2D eigenvalue weighted by Gasteiger charge is -2.08. The van der Waals surface area contributed by atoms with Crippen LogP contribution in [0.1, 0.15) is 11.3 Å². The average molecular weight is 346 g/mol. The molecular weight excluding hydrogens is 330 g/mol. The third-order valence-electron chi connectivity index (χ3n) is 3.22. The van der Waals surface area contributed by atoms with E-state index < -0.39 is 0 Å². The van der Waals surface area contributed by atoms with Crippen LogP contribution in [0, 0.1) is 0 Å². The van der Waals surface area contributed by atoms with Crippen LogP contribution in [0.3, 0.4) is 0 Å². The zero-order chi connectivity index (χ0) is 16.8. The molecule has 2 N–H and O–H groups in total. The highest BCUT2D eigenvalue weighted by atomic mass is 35.5. The van der Waals surface area contributed by atoms with Crippen molar-refractivity contribution in [3.05, 3.63) is 59.3 Å². The first-order chi connectivity index (χ1) is 11.7. The van der Waals surface area contributed by atoms with Crippen molar-refractivity contribution in [1.29, 1.82) is 0 Å². The van der Waals surface area contributed by atoms with Gasteiger partial charge in [0.25, 0.3) is 0 Å². The van der Waals surface area contributed by atoms with Gasteiger partial charge in [-0.3, -0.25) is 0 Å². The Morgan fingerprint density at radius 2 is 1.71 bits per heavy atom. The molecule has 3 aromatic rings. The summed E-state index contributed by atoms with van der Waals surface area (Å²) in [4.78, 5) is 12.4. The maximum atomic E-state index is 5.95. The van der Waals surface area contributed by atoms with E-state index in [1.807, 2.05) is 36.4 Å². The van der Waals surface area contributed by atoms with Gasteiger partial charge in [0.1, 0.15) is 11.5 Å². The summed E-state index contributed by atoms with van der Waals surface area (Å²) in [6, 6.07) is 11.4. The van der Waals surface area contributed by atoms with Crippen LogP contribution in [-0.4, -0.2) is 22.1 Å². The molecule has 7 nitrogen and oxygen atoms in total. The molecule has 0 radical (unpaired) electrons. The van der Waals surface area contributed by atoms with E-state index in [0.29, 0.717) is 25.0 Å². The zero-order valence-corrected chi connectivity index (χ0v) is 13.7. The van der Waals surface area contributed by atoms with Gasteiger partial charge in [-0.2, -0.15) is 15.0 Å². The quantitative estimate of drug-likeness (QED) is 0.679. The summed E-state index contributed by atoms with van der Waals surface area (Å²) in [5, 5.41) is 6.28. The lowest BCUT2D eigenvalue weighted by Crippen LogP contribution is -2.09. The van der Waals surface area contributed by atoms with Gasteiger partial charge in [-0.15, -0.1) is 0 Å². The Kier molecular flexibility index (Phi) is 5.12. The molecule has 8 heteroatoms. The number of anilines is 2. The second-order valence-corrected chi connectivity index (χ2v) is 5.22. The maximum Gasteiger partial charge on any atom is 0.229 e. The lowest BCUT2D eigenvalue weighted by molar-refractivity contribution is 0.414. The van der Waals surface area contributed by atoms with E-state index in [0.717, 1.165) is 17.1 Å². The van der Waals surface area contributed by atoms with Gasteiger partial charge in [-0.1, -0.05) is 12.1 Å². The number of hydrogen-bond donors (Lipinski definition) is 2. The summed E-state index contributed by atoms with van der Waals surface area (Å²) < 4.78 is 10.4. The molecule has 0 saturated carbocycles. The third-order valence-corrected chi connectivity index (χ3v) is 3.39. The number of hydrogen-bond acceptors (Lipinski definition) is 7. The number of halogens is 1. The van der Waals surface area contributed by atoms with Crippen molar-refractivity contribution in [2.45, 2.75) is 13.1 Å². The van der Waals surface area contributed by atoms with E-state index in [2.05, 4.69) is 25.6 Å². The Morgan fingerprint density at radius 1 is 1.00 bits per heavy atom. The number of ether oxygens (including phenoxy) is 1. The average Bonchev–Trinajstić information content (AvgIpc) is 3.12. The number of rotatable bonds is 7. The number of aromatic nitrogens is 3. The van der Waals surface area contributed by atoms with E-state index in [1.165, 1.54) is 0 Å². The molecule has 24 heavy (non-hydrogen) atoms. The second-order valence-electron chi connectivity index (χ2n) is 4.89. The van der Waals surface area contributed by atoms with Crippen LogP contribution in [0.5, 0.6) is 5.75 Å². The smallest absolute Gasteiger partial charge is 0.229 e. The highest BCUT2D eigenvalue weighted by Crippen LogP contribution is 2.14. The molecule has 2 aromatic heterocycles. The summed E-state index contributed by atoms with van der Waals surface area (Å²) in [7, 11) is 1.64. The van der Waals surface area contributed by atoms with Crippen LogP contribution < -0.4 is 15.4 Å². The van der Waals surface area contributed by atoms with Gasteiger partial charge in [0.15, 0.2) is 0 Å². The fraction of sp³-hybridized carbons (Fsp3) is 0.188. The molecule has 2 heterocycles. The standard InChI is InChI=1S/C16H16ClN5O2/c1-23-12-6-4-11(5-7-12)9-18-15-20-14(17)21-16(22-15)19-10-13-3-2-8-24-13/h2-8H,9-10H2,1H3,(H2,18,19,20,21,22). The Hall–Kier alpha value is -2.80. The Labute approximate surface area is 144 Å². The van der Waals surface area contributed by atoms with Crippen molar-refractivity contribution in [2.75, 3.05) is 17.7 Å². The van der Waals surface area contributed by atoms with Crippen LogP contribution in [0.2, 0.25) is 5.28 Å². The fourth-order valence-corrected chi connectivity index (χ4v) is 2.17. The Balaban J connectivity index is 1.62. The summed E-state index contributed by atoms with van der Waals surface area (Å²) in [5.41, 5.74) is 1.07. The van der Waals surface area contributed by atoms with Gasteiger partial charge < -0.3 is 19.8 Å². The van der Waals surface area contributed by atoms with Crippen molar-refractivity contribution in [1.82, 2.24) is 15.0 Å². The minimum absolute atomic E-state index is 0.115. The molecule has 1 aromatic carbocycles. The van der Waals surface area contributed by atoms with E-state index >= 15 is 0 Å². The first kappa shape index (κ1) is 16.1. The van der Waals surface area contributed by atoms with E-state index in [9.17, 15) is 0 Å². The summed E-state index contributed by atoms with van der Waals surface area (Å²) >= 11 is 5.95. The van der Waals surface area contributed by atoms with E-state index in [1.54, 1.807) is 13.4 Å². The van der Waals surface area contributed by atoms with Gasteiger partial charge >= 0.3 is 0 Å². The molecule has 0 bridgehead atoms. The minimum atomic E-state index is 0.115. The van der Waals surface area contributed by atoms with E-state index in [4.69, 9.17) is 20.8 Å². The van der Waals surface area contributed by atoms with Crippen LogP contribution in [-0.2, 0) is 13.1 Å². The predicted molar refractivity (Wildman–Crippen MR) is 91.2 cm³/mol. The summed E-state index contributed by atoms with van der Waals surface area (Å²) in [5.74, 6) is 2.36. The van der Waals surface area contributed by atoms with Crippen LogP contribution >= 0.6 is 11.6 Å². The van der Waals surface area contributed by atoms with Crippen LogP contribution in [0.25, 0.3) is 0 Å². The number of furan rings is 1. The van der Waals surface area contributed by atoms with Gasteiger partial charge in [0, 0.05) is 6.54 Å². The number of benzene rings is 1. The molecule has 0 unspecified atom stereocenters. The van der Waals surface area contributed by atoms with Crippen molar-refractivity contribution >= 4 is 23.5 Å². The second kappa shape index (κ2) is 7.65. The van der Waals surface area contributed by atoms with Crippen molar-refractivity contribution in [2.24, 2.45) is 0 Å². The molecule has 0 aliphatic carbocycles. The minimum Gasteiger partial charge on any atom is -0.497 e. The summed E-state index contributed by atoms with van der Waals surface area (Å²) in [6.07, 6.45) is 1.61. The predicted octanol–water partition coefficient (Wildman–Crippen LogP) is 3.35. The normalized spacial score (nSPS) is 10.4. The maximum absolute atomic E-state index is 5.95. The molecule has 3 rings (SSSR count). The van der Waals surface area contributed by atoms with Crippen LogP contribution in [0.15, 0.2) is 47.1 Å². The van der Waals surface area contributed by atoms with Crippen molar-refractivity contribution in [3.63, 3.8) is 0 Å². The molecule has 0 aliphatic heterocycles. The highest BCUT2D eigenvalue weighted by Gasteiger charge is 2.06. The topological polar surface area (TPSA) is 85.1 Å². The molecule has 0 amide bonds. The fourth-order valence-electron chi connectivity index (χ4n) is 2.01. The van der Waals surface area contributed by atoms with Crippen molar-refractivity contribution < 1.29 is 9.15 Å². The molecule has 0 fully saturated rings. The Morgan fingerprint density at radius 3 is 2.33 bits per heavy atom. The van der Waals surface area contributed by atoms with Gasteiger partial charge in [-0.25, -0.2) is 0 Å². The van der Waals surface area contributed by atoms with Crippen LogP contribution in [0.4, 0.5) is 11.9 Å². The first-order valence-electron chi connectivity index (χ1n) is 7.27. The number of nitrogens with one attached hydrogen (secondary N) is 2.